The van der Waals surface area contributed by atoms with Gasteiger partial charge in [-0.25, -0.2) is 9.59 Å². The first kappa shape index (κ1) is 25.6. The maximum atomic E-state index is 11.7. The molecule has 1 unspecified atom stereocenters. The summed E-state index contributed by atoms with van der Waals surface area (Å²) in [7, 11) is 0.0397. The molecule has 0 aromatic rings. The van der Waals surface area contributed by atoms with E-state index in [9.17, 15) is 9.59 Å². The van der Waals surface area contributed by atoms with Gasteiger partial charge in [-0.15, -0.1) is 6.42 Å². The molecular formula is C18H30N2O7Si. The van der Waals surface area contributed by atoms with Crippen LogP contribution in [0.1, 0.15) is 20.8 Å². The second-order valence-electron chi connectivity index (χ2n) is 7.22. The summed E-state index contributed by atoms with van der Waals surface area (Å²) in [4.78, 5) is 28.1. The van der Waals surface area contributed by atoms with Crippen molar-refractivity contribution in [3.63, 3.8) is 0 Å². The lowest BCUT2D eigenvalue weighted by Crippen LogP contribution is -2.49. The van der Waals surface area contributed by atoms with Gasteiger partial charge in [-0.1, -0.05) is 31.8 Å². The first-order valence-corrected chi connectivity index (χ1v) is 11.4. The summed E-state index contributed by atoms with van der Waals surface area (Å²) in [5.74, 6) is 0.0386. The Kier molecular flexibility index (Phi) is 10.5. The molecule has 0 rings (SSSR count). The van der Waals surface area contributed by atoms with Crippen molar-refractivity contribution in [1.82, 2.24) is 0 Å². The maximum absolute atomic E-state index is 11.7. The number of rotatable bonds is 10. The van der Waals surface area contributed by atoms with Gasteiger partial charge in [0.2, 0.25) is 5.76 Å². The Morgan fingerprint density at radius 2 is 1.86 bits per heavy atom. The SMILES string of the molecule is C#CCOCC(O[Si](C)(C)C(C)(C)C)/C(N)=N/OC(=CC(=O)OC)C(=O)OC. The molecule has 0 aromatic heterocycles. The zero-order valence-electron chi connectivity index (χ0n) is 17.5. The van der Waals surface area contributed by atoms with Crippen LogP contribution >= 0.6 is 0 Å². The Morgan fingerprint density at radius 1 is 1.25 bits per heavy atom. The lowest BCUT2D eigenvalue weighted by molar-refractivity contribution is -0.142. The monoisotopic (exact) mass is 414 g/mol. The average Bonchev–Trinajstić information content (AvgIpc) is 2.62. The van der Waals surface area contributed by atoms with Gasteiger partial charge >= 0.3 is 11.9 Å². The van der Waals surface area contributed by atoms with E-state index in [4.69, 9.17) is 26.2 Å². The Balaban J connectivity index is 5.56. The van der Waals surface area contributed by atoms with Gasteiger partial charge < -0.3 is 29.2 Å². The van der Waals surface area contributed by atoms with E-state index in [1.807, 2.05) is 13.1 Å². The number of methoxy groups -OCH3 is 2. The number of carbonyl (C=O) groups is 2. The van der Waals surface area contributed by atoms with E-state index in [2.05, 4.69) is 41.3 Å². The Labute approximate surface area is 167 Å². The normalized spacial score (nSPS) is 14.1. The highest BCUT2D eigenvalue weighted by Gasteiger charge is 2.40. The highest BCUT2D eigenvalue weighted by Crippen LogP contribution is 2.37. The molecule has 0 fully saturated rings. The third kappa shape index (κ3) is 8.56. The number of amidine groups is 1. The number of ether oxygens (including phenoxy) is 3. The minimum absolute atomic E-state index is 0.0453. The first-order valence-electron chi connectivity index (χ1n) is 8.47. The minimum Gasteiger partial charge on any atom is -0.466 e. The molecule has 0 amide bonds. The highest BCUT2D eigenvalue weighted by molar-refractivity contribution is 6.74. The number of nitrogens with zero attached hydrogens (tertiary/aromatic N) is 1. The summed E-state index contributed by atoms with van der Waals surface area (Å²) in [6.45, 7) is 10.4. The van der Waals surface area contributed by atoms with Crippen LogP contribution in [0, 0.1) is 12.3 Å². The first-order chi connectivity index (χ1) is 12.9. The summed E-state index contributed by atoms with van der Waals surface area (Å²) in [5, 5.41) is 3.61. The van der Waals surface area contributed by atoms with Gasteiger partial charge in [-0.05, 0) is 18.1 Å². The zero-order valence-corrected chi connectivity index (χ0v) is 18.5. The summed E-state index contributed by atoms with van der Waals surface area (Å²) in [5.41, 5.74) is 6.00. The van der Waals surface area contributed by atoms with Crippen molar-refractivity contribution < 1.29 is 33.1 Å². The van der Waals surface area contributed by atoms with E-state index in [1.165, 1.54) is 0 Å². The molecule has 1 atom stereocenters. The van der Waals surface area contributed by atoms with Crippen molar-refractivity contribution in [2.24, 2.45) is 10.9 Å². The number of carbonyl (C=O) groups excluding carboxylic acids is 2. The summed E-state index contributed by atoms with van der Waals surface area (Å²) in [6, 6.07) is 0. The molecule has 0 bridgehead atoms. The van der Waals surface area contributed by atoms with Gasteiger partial charge in [0.05, 0.1) is 26.9 Å². The molecule has 28 heavy (non-hydrogen) atoms. The van der Waals surface area contributed by atoms with E-state index < -0.39 is 32.1 Å². The van der Waals surface area contributed by atoms with Gasteiger partial charge in [0.1, 0.15) is 12.7 Å². The van der Waals surface area contributed by atoms with Gasteiger partial charge in [0.15, 0.2) is 14.2 Å². The second kappa shape index (κ2) is 11.5. The largest absolute Gasteiger partial charge is 0.466 e. The van der Waals surface area contributed by atoms with Crippen molar-refractivity contribution >= 4 is 26.1 Å². The molecule has 0 aromatic carbocycles. The van der Waals surface area contributed by atoms with Crippen LogP contribution in [0.5, 0.6) is 0 Å². The molecule has 0 saturated carbocycles. The Bertz CT molecular complexity index is 645. The topological polar surface area (TPSA) is 119 Å². The average molecular weight is 415 g/mol. The third-order valence-electron chi connectivity index (χ3n) is 4.11. The number of hydrogen-bond acceptors (Lipinski definition) is 8. The molecule has 10 heteroatoms. The fourth-order valence-corrected chi connectivity index (χ4v) is 2.74. The second-order valence-corrected chi connectivity index (χ2v) is 12.0. The molecule has 158 valence electrons. The van der Waals surface area contributed by atoms with E-state index in [0.29, 0.717) is 0 Å². The number of terminal acetylenes is 1. The molecular weight excluding hydrogens is 384 g/mol. The quantitative estimate of drug-likeness (QED) is 0.0658. The molecule has 0 heterocycles. The van der Waals surface area contributed by atoms with Crippen molar-refractivity contribution in [3.8, 4) is 12.3 Å². The molecule has 9 nitrogen and oxygen atoms in total. The van der Waals surface area contributed by atoms with E-state index >= 15 is 0 Å². The van der Waals surface area contributed by atoms with Crippen LogP contribution < -0.4 is 5.73 Å². The predicted octanol–water partition coefficient (Wildman–Crippen LogP) is 1.55. The van der Waals surface area contributed by atoms with Gasteiger partial charge in [-0.2, -0.15) is 0 Å². The van der Waals surface area contributed by atoms with E-state index in [-0.39, 0.29) is 24.1 Å². The molecule has 0 aliphatic rings. The Hall–Kier alpha value is -2.35. The van der Waals surface area contributed by atoms with Crippen molar-refractivity contribution in [2.45, 2.75) is 45.0 Å². The zero-order chi connectivity index (χ0) is 22.0. The van der Waals surface area contributed by atoms with Gasteiger partial charge in [0.25, 0.3) is 0 Å². The van der Waals surface area contributed by atoms with Crippen molar-refractivity contribution in [3.05, 3.63) is 11.8 Å². The molecule has 0 aliphatic heterocycles. The predicted molar refractivity (Wildman–Crippen MR) is 107 cm³/mol. The minimum atomic E-state index is -2.24. The lowest BCUT2D eigenvalue weighted by atomic mass is 10.2. The number of esters is 2. The Morgan fingerprint density at radius 3 is 2.32 bits per heavy atom. The van der Waals surface area contributed by atoms with Crippen molar-refractivity contribution in [1.29, 1.82) is 0 Å². The smallest absolute Gasteiger partial charge is 0.377 e. The fourth-order valence-electron chi connectivity index (χ4n) is 1.49. The third-order valence-corrected chi connectivity index (χ3v) is 8.60. The van der Waals surface area contributed by atoms with Crippen LogP contribution in [0.15, 0.2) is 17.0 Å². The summed E-state index contributed by atoms with van der Waals surface area (Å²) < 4.78 is 20.6. The summed E-state index contributed by atoms with van der Waals surface area (Å²) >= 11 is 0. The number of hydrogen-bond donors (Lipinski definition) is 1. The van der Waals surface area contributed by atoms with E-state index in [0.717, 1.165) is 20.3 Å². The van der Waals surface area contributed by atoms with Crippen molar-refractivity contribution in [2.75, 3.05) is 27.4 Å². The van der Waals surface area contributed by atoms with Gasteiger partial charge in [-0.3, -0.25) is 0 Å². The molecule has 2 N–H and O–H groups in total. The number of nitrogens with two attached hydrogens (primary N) is 1. The molecule has 0 radical (unpaired) electrons. The highest BCUT2D eigenvalue weighted by atomic mass is 28.4. The van der Waals surface area contributed by atoms with Crippen LogP contribution in [-0.4, -0.2) is 59.6 Å². The van der Waals surface area contributed by atoms with Crippen LogP contribution in [0.3, 0.4) is 0 Å². The fraction of sp³-hybridized carbons (Fsp3) is 0.611. The number of oxime groups is 1. The molecule has 0 spiro atoms. The van der Waals surface area contributed by atoms with Crippen LogP contribution in [-0.2, 0) is 33.1 Å². The standard InChI is InChI=1S/C18H30N2O7Si/c1-9-10-25-12-14(27-28(7,8)18(2,3)4)16(19)20-26-13(17(22)24-6)11-15(21)23-5/h1,11,14H,10,12H2,2-8H3,(H2,19,20). The maximum Gasteiger partial charge on any atom is 0.377 e. The lowest BCUT2D eigenvalue weighted by Gasteiger charge is -2.38. The van der Waals surface area contributed by atoms with Crippen LogP contribution in [0.25, 0.3) is 0 Å². The van der Waals surface area contributed by atoms with Crippen LogP contribution in [0.2, 0.25) is 18.1 Å². The van der Waals surface area contributed by atoms with E-state index in [1.54, 1.807) is 0 Å². The van der Waals surface area contributed by atoms with Crippen LogP contribution in [0.4, 0.5) is 0 Å². The van der Waals surface area contributed by atoms with Gasteiger partial charge in [0, 0.05) is 0 Å². The molecule has 0 aliphatic carbocycles. The molecule has 0 saturated heterocycles. The summed E-state index contributed by atoms with van der Waals surface area (Å²) in [6.07, 6.45) is 5.23.